The fraction of sp³-hybridized carbons (Fsp3) is 0.0612. The summed E-state index contributed by atoms with van der Waals surface area (Å²) in [5.74, 6) is 0. The number of fused-ring (bicyclic) bond motifs is 11. The molecule has 0 unspecified atom stereocenters. The standard InChI is InChI=1S/C49H32S/c1-49(2)42-22-12-11-17-34(42)40-28-41-39-26-25-30-14-5-6-16-33(30)47(39)50-48(41)45(46(40)49)44-37-20-9-7-18-35(37)43(36-19-8-10-21-38(36)44)32-24-23-29-13-3-4-15-31(29)27-32/h3-28H,1-2H3. The average molecular weight is 653 g/mol. The van der Waals surface area contributed by atoms with E-state index < -0.39 is 0 Å². The summed E-state index contributed by atoms with van der Waals surface area (Å²) < 4.78 is 2.75. The normalized spacial score (nSPS) is 13.6. The summed E-state index contributed by atoms with van der Waals surface area (Å²) in [4.78, 5) is 0. The van der Waals surface area contributed by atoms with Gasteiger partial charge in [0, 0.05) is 31.2 Å². The Kier molecular flexibility index (Phi) is 5.70. The highest BCUT2D eigenvalue weighted by Crippen LogP contribution is 2.58. The van der Waals surface area contributed by atoms with E-state index in [0.717, 1.165) is 0 Å². The summed E-state index contributed by atoms with van der Waals surface area (Å²) in [6.07, 6.45) is 0. The molecule has 10 aromatic rings. The van der Waals surface area contributed by atoms with Crippen molar-refractivity contribution in [3.63, 3.8) is 0 Å². The van der Waals surface area contributed by atoms with Crippen LogP contribution in [-0.2, 0) is 5.41 Å². The van der Waals surface area contributed by atoms with Gasteiger partial charge in [-0.1, -0.05) is 159 Å². The zero-order valence-electron chi connectivity index (χ0n) is 27.9. The van der Waals surface area contributed by atoms with E-state index in [1.54, 1.807) is 0 Å². The lowest BCUT2D eigenvalue weighted by molar-refractivity contribution is 0.663. The van der Waals surface area contributed by atoms with E-state index in [2.05, 4.69) is 172 Å². The van der Waals surface area contributed by atoms with Gasteiger partial charge in [0.25, 0.3) is 0 Å². The zero-order chi connectivity index (χ0) is 33.1. The quantitative estimate of drug-likeness (QED) is 0.163. The molecule has 0 saturated carbocycles. The van der Waals surface area contributed by atoms with E-state index in [0.29, 0.717) is 0 Å². The van der Waals surface area contributed by atoms with E-state index >= 15 is 0 Å². The highest BCUT2D eigenvalue weighted by atomic mass is 32.1. The van der Waals surface area contributed by atoms with Crippen LogP contribution in [0.1, 0.15) is 25.0 Å². The fourth-order valence-electron chi connectivity index (χ4n) is 9.19. The van der Waals surface area contributed by atoms with Crippen molar-refractivity contribution in [1.29, 1.82) is 0 Å². The van der Waals surface area contributed by atoms with Gasteiger partial charge in [0.1, 0.15) is 0 Å². The predicted molar refractivity (Wildman–Crippen MR) is 218 cm³/mol. The van der Waals surface area contributed by atoms with Gasteiger partial charge in [0.05, 0.1) is 0 Å². The molecule has 1 aliphatic rings. The van der Waals surface area contributed by atoms with Crippen molar-refractivity contribution in [2.45, 2.75) is 19.3 Å². The van der Waals surface area contributed by atoms with E-state index in [9.17, 15) is 0 Å². The molecule has 1 heterocycles. The van der Waals surface area contributed by atoms with Crippen LogP contribution in [0, 0.1) is 0 Å². The van der Waals surface area contributed by atoms with E-state index in [1.165, 1.54) is 108 Å². The minimum absolute atomic E-state index is 0.174. The second-order valence-electron chi connectivity index (χ2n) is 14.4. The van der Waals surface area contributed by atoms with E-state index in [4.69, 9.17) is 0 Å². The van der Waals surface area contributed by atoms with Gasteiger partial charge in [-0.05, 0) is 94.2 Å². The molecule has 0 nitrogen and oxygen atoms in total. The van der Waals surface area contributed by atoms with Gasteiger partial charge >= 0.3 is 0 Å². The molecule has 0 aliphatic heterocycles. The fourth-order valence-corrected chi connectivity index (χ4v) is 10.6. The number of rotatable bonds is 2. The van der Waals surface area contributed by atoms with Crippen LogP contribution < -0.4 is 0 Å². The Morgan fingerprint density at radius 2 is 0.960 bits per heavy atom. The molecular formula is C49H32S. The zero-order valence-corrected chi connectivity index (χ0v) is 28.7. The first-order valence-electron chi connectivity index (χ1n) is 17.5. The molecule has 1 heteroatoms. The summed E-state index contributed by atoms with van der Waals surface area (Å²) >= 11 is 1.98. The van der Waals surface area contributed by atoms with Crippen molar-refractivity contribution in [2.24, 2.45) is 0 Å². The predicted octanol–water partition coefficient (Wildman–Crippen LogP) is 14.3. The van der Waals surface area contributed by atoms with Crippen molar-refractivity contribution >= 4 is 74.6 Å². The second kappa shape index (κ2) is 10.1. The molecule has 0 atom stereocenters. The highest BCUT2D eigenvalue weighted by Gasteiger charge is 2.39. The van der Waals surface area contributed by atoms with Crippen LogP contribution >= 0.6 is 11.3 Å². The third kappa shape index (κ3) is 3.71. The van der Waals surface area contributed by atoms with E-state index in [1.807, 2.05) is 11.3 Å². The Morgan fingerprint density at radius 1 is 0.380 bits per heavy atom. The van der Waals surface area contributed by atoms with Gasteiger partial charge in [0.15, 0.2) is 0 Å². The Labute approximate surface area is 294 Å². The topological polar surface area (TPSA) is 0 Å². The lowest BCUT2D eigenvalue weighted by Crippen LogP contribution is -2.16. The largest absolute Gasteiger partial charge is 0.134 e. The van der Waals surface area contributed by atoms with Crippen LogP contribution in [0.2, 0.25) is 0 Å². The molecule has 0 radical (unpaired) electrons. The summed E-state index contributed by atoms with van der Waals surface area (Å²) in [7, 11) is 0. The average Bonchev–Trinajstić information content (AvgIpc) is 3.65. The molecule has 0 amide bonds. The van der Waals surface area contributed by atoms with Gasteiger partial charge in [-0.3, -0.25) is 0 Å². The molecule has 0 N–H and O–H groups in total. The smallest absolute Gasteiger partial charge is 0.0438 e. The Morgan fingerprint density at radius 3 is 1.70 bits per heavy atom. The molecule has 234 valence electrons. The van der Waals surface area contributed by atoms with Crippen molar-refractivity contribution in [3.8, 4) is 33.4 Å². The number of hydrogen-bond donors (Lipinski definition) is 0. The third-order valence-electron chi connectivity index (χ3n) is 11.4. The first-order chi connectivity index (χ1) is 24.6. The highest BCUT2D eigenvalue weighted by molar-refractivity contribution is 7.27. The van der Waals surface area contributed by atoms with Crippen LogP contribution in [-0.4, -0.2) is 0 Å². The number of thiophene rings is 1. The minimum Gasteiger partial charge on any atom is -0.134 e. The maximum atomic E-state index is 2.52. The van der Waals surface area contributed by atoms with Crippen molar-refractivity contribution in [3.05, 3.63) is 169 Å². The Hall–Kier alpha value is -5.76. The maximum absolute atomic E-state index is 2.52. The van der Waals surface area contributed by atoms with Crippen LogP contribution in [0.5, 0.6) is 0 Å². The van der Waals surface area contributed by atoms with Crippen LogP contribution in [0.4, 0.5) is 0 Å². The molecule has 1 aromatic heterocycles. The molecule has 1 aliphatic carbocycles. The maximum Gasteiger partial charge on any atom is 0.0438 e. The minimum atomic E-state index is -0.174. The van der Waals surface area contributed by atoms with Crippen LogP contribution in [0.3, 0.4) is 0 Å². The molecule has 0 saturated heterocycles. The monoisotopic (exact) mass is 652 g/mol. The van der Waals surface area contributed by atoms with E-state index in [-0.39, 0.29) is 5.41 Å². The van der Waals surface area contributed by atoms with Gasteiger partial charge < -0.3 is 0 Å². The molecular weight excluding hydrogens is 621 g/mol. The lowest BCUT2D eigenvalue weighted by atomic mass is 9.76. The van der Waals surface area contributed by atoms with Crippen molar-refractivity contribution in [2.75, 3.05) is 0 Å². The molecule has 0 bridgehead atoms. The number of hydrogen-bond acceptors (Lipinski definition) is 1. The van der Waals surface area contributed by atoms with Gasteiger partial charge in [0.2, 0.25) is 0 Å². The first-order valence-corrected chi connectivity index (χ1v) is 18.3. The van der Waals surface area contributed by atoms with Crippen molar-refractivity contribution < 1.29 is 0 Å². The summed E-state index contributed by atoms with van der Waals surface area (Å²) in [6, 6.07) is 59.1. The third-order valence-corrected chi connectivity index (χ3v) is 12.7. The van der Waals surface area contributed by atoms with Crippen molar-refractivity contribution in [1.82, 2.24) is 0 Å². The van der Waals surface area contributed by atoms with Gasteiger partial charge in [-0.25, -0.2) is 0 Å². The van der Waals surface area contributed by atoms with Gasteiger partial charge in [-0.2, -0.15) is 0 Å². The molecule has 9 aromatic carbocycles. The first kappa shape index (κ1) is 28.1. The van der Waals surface area contributed by atoms with Crippen LogP contribution in [0.15, 0.2) is 158 Å². The summed E-state index contributed by atoms with van der Waals surface area (Å²) in [5.41, 5.74) is 10.7. The molecule has 50 heavy (non-hydrogen) atoms. The molecule has 11 rings (SSSR count). The van der Waals surface area contributed by atoms with Crippen LogP contribution in [0.25, 0.3) is 96.6 Å². The second-order valence-corrected chi connectivity index (χ2v) is 15.4. The Balaban J connectivity index is 1.36. The summed E-state index contributed by atoms with van der Waals surface area (Å²) in [6.45, 7) is 4.87. The molecule has 0 fully saturated rings. The summed E-state index contributed by atoms with van der Waals surface area (Å²) in [5, 5.41) is 13.0. The van der Waals surface area contributed by atoms with Gasteiger partial charge in [-0.15, -0.1) is 11.3 Å². The SMILES string of the molecule is CC1(C)c2ccccc2-c2cc3c(sc4c5ccccc5ccc34)c(-c3c4ccccc4c(-c4ccc5ccccc5c4)c4ccccc34)c21. The number of benzene rings is 9. The Bertz CT molecular complexity index is 3010. The molecule has 0 spiro atoms. The lowest BCUT2D eigenvalue weighted by Gasteiger charge is -2.27.